The summed E-state index contributed by atoms with van der Waals surface area (Å²) in [6, 6.07) is 9.48. The lowest BCUT2D eigenvalue weighted by atomic mass is 9.89. The fourth-order valence-corrected chi connectivity index (χ4v) is 5.26. The third kappa shape index (κ3) is 4.82. The highest BCUT2D eigenvalue weighted by atomic mass is 32.2. The Morgan fingerprint density at radius 2 is 1.90 bits per heavy atom. The van der Waals surface area contributed by atoms with Gasteiger partial charge in [0.1, 0.15) is 0 Å². The van der Waals surface area contributed by atoms with Gasteiger partial charge in [0, 0.05) is 30.9 Å². The van der Waals surface area contributed by atoms with Crippen LogP contribution in [0, 0.1) is 5.92 Å². The van der Waals surface area contributed by atoms with E-state index in [9.17, 15) is 13.2 Å². The summed E-state index contributed by atoms with van der Waals surface area (Å²) in [4.78, 5) is 19.2. The topological polar surface area (TPSA) is 81.5 Å². The van der Waals surface area contributed by atoms with Gasteiger partial charge in [0.15, 0.2) is 5.78 Å². The maximum atomic E-state index is 12.7. The summed E-state index contributed by atoms with van der Waals surface area (Å²) in [6.07, 6.45) is 6.48. The summed E-state index contributed by atoms with van der Waals surface area (Å²) in [6.45, 7) is 3.49. The zero-order valence-electron chi connectivity index (χ0n) is 17.4. The highest BCUT2D eigenvalue weighted by Gasteiger charge is 2.28. The van der Waals surface area contributed by atoms with Crippen molar-refractivity contribution in [2.45, 2.75) is 50.0 Å². The van der Waals surface area contributed by atoms with Crippen LogP contribution in [-0.4, -0.2) is 60.7 Å². The molecule has 1 aromatic heterocycles. The second-order valence-electron chi connectivity index (χ2n) is 8.33. The minimum absolute atomic E-state index is 0.0349. The molecule has 30 heavy (non-hydrogen) atoms. The first-order valence-corrected chi connectivity index (χ1v) is 12.5. The molecule has 2 fully saturated rings. The number of ketones is 1. The Labute approximate surface area is 178 Å². The number of rotatable bonds is 7. The highest BCUT2D eigenvalue weighted by Crippen LogP contribution is 2.24. The maximum absolute atomic E-state index is 12.7. The van der Waals surface area contributed by atoms with Gasteiger partial charge in [-0.3, -0.25) is 9.69 Å². The quantitative estimate of drug-likeness (QED) is 0.627. The van der Waals surface area contributed by atoms with Crippen molar-refractivity contribution >= 4 is 15.6 Å². The van der Waals surface area contributed by atoms with Crippen molar-refractivity contribution in [3.8, 4) is 0 Å². The van der Waals surface area contributed by atoms with E-state index in [4.69, 9.17) is 4.74 Å². The van der Waals surface area contributed by atoms with E-state index in [1.165, 1.54) is 6.26 Å². The lowest BCUT2D eigenvalue weighted by Gasteiger charge is -2.31. The molecule has 2 saturated heterocycles. The molecule has 0 saturated carbocycles. The van der Waals surface area contributed by atoms with Gasteiger partial charge in [0.25, 0.3) is 0 Å². The van der Waals surface area contributed by atoms with Crippen molar-refractivity contribution in [3.05, 3.63) is 47.8 Å². The van der Waals surface area contributed by atoms with Gasteiger partial charge >= 0.3 is 0 Å². The molecule has 0 aliphatic carbocycles. The van der Waals surface area contributed by atoms with E-state index in [0.29, 0.717) is 13.1 Å². The largest absolute Gasteiger partial charge is 0.376 e. The fraction of sp³-hybridized carbons (Fsp3) is 0.545. The average molecular weight is 432 g/mol. The third-order valence-electron chi connectivity index (χ3n) is 6.05. The Balaban J connectivity index is 1.42. The number of carbonyl (C=O) groups is 1. The van der Waals surface area contributed by atoms with Crippen molar-refractivity contribution in [1.82, 2.24) is 14.5 Å². The first-order chi connectivity index (χ1) is 14.4. The standard InChI is InChI=1S/C22H29N3O4S/c1-30(27,28)22-23-14-19(25(22)16-20-8-5-13-29-20)15-24-11-9-18(10-12-24)21(26)17-6-3-2-4-7-17/h2-4,6-7,14,18,20H,5,8-13,15-16H2,1H3/t20-/m1/s1. The van der Waals surface area contributed by atoms with E-state index in [0.717, 1.165) is 56.6 Å². The van der Waals surface area contributed by atoms with Crippen molar-refractivity contribution in [1.29, 1.82) is 0 Å². The molecule has 1 atom stereocenters. The van der Waals surface area contributed by atoms with Crippen LogP contribution in [0.1, 0.15) is 41.7 Å². The minimum atomic E-state index is -3.41. The number of hydrogen-bond donors (Lipinski definition) is 0. The van der Waals surface area contributed by atoms with Crippen molar-refractivity contribution < 1.29 is 17.9 Å². The van der Waals surface area contributed by atoms with Gasteiger partial charge in [-0.15, -0.1) is 0 Å². The van der Waals surface area contributed by atoms with E-state index in [2.05, 4.69) is 9.88 Å². The predicted octanol–water partition coefficient (Wildman–Crippen LogP) is 2.56. The zero-order valence-corrected chi connectivity index (χ0v) is 18.2. The van der Waals surface area contributed by atoms with E-state index in [1.807, 2.05) is 34.9 Å². The highest BCUT2D eigenvalue weighted by molar-refractivity contribution is 7.90. The Bertz CT molecular complexity index is 973. The second-order valence-corrected chi connectivity index (χ2v) is 10.2. The molecular formula is C22H29N3O4S. The molecule has 2 aromatic rings. The van der Waals surface area contributed by atoms with Crippen LogP contribution >= 0.6 is 0 Å². The first-order valence-electron chi connectivity index (χ1n) is 10.6. The number of aromatic nitrogens is 2. The van der Waals surface area contributed by atoms with Crippen LogP contribution in [-0.2, 0) is 27.7 Å². The number of Topliss-reactive ketones (excluding diaryl/α,β-unsaturated/α-hetero) is 1. The molecule has 4 rings (SSSR count). The van der Waals surface area contributed by atoms with Gasteiger partial charge in [-0.1, -0.05) is 30.3 Å². The number of sulfone groups is 1. The molecule has 0 radical (unpaired) electrons. The van der Waals surface area contributed by atoms with Crippen molar-refractivity contribution in [3.63, 3.8) is 0 Å². The van der Waals surface area contributed by atoms with E-state index < -0.39 is 9.84 Å². The van der Waals surface area contributed by atoms with Crippen LogP contribution in [0.2, 0.25) is 0 Å². The molecule has 7 nitrogen and oxygen atoms in total. The lowest BCUT2D eigenvalue weighted by Crippen LogP contribution is -2.36. The van der Waals surface area contributed by atoms with Crippen LogP contribution in [0.3, 0.4) is 0 Å². The molecule has 8 heteroatoms. The van der Waals surface area contributed by atoms with E-state index >= 15 is 0 Å². The molecule has 2 aliphatic rings. The van der Waals surface area contributed by atoms with E-state index in [1.54, 1.807) is 6.20 Å². The number of carbonyl (C=O) groups excluding carboxylic acids is 1. The van der Waals surface area contributed by atoms with Crippen LogP contribution in [0.25, 0.3) is 0 Å². The van der Waals surface area contributed by atoms with Crippen molar-refractivity contribution in [2.24, 2.45) is 5.92 Å². The number of hydrogen-bond acceptors (Lipinski definition) is 6. The van der Waals surface area contributed by atoms with Crippen LogP contribution in [0.5, 0.6) is 0 Å². The van der Waals surface area contributed by atoms with Crippen LogP contribution in [0.4, 0.5) is 0 Å². The third-order valence-corrected chi connectivity index (χ3v) is 7.03. The zero-order chi connectivity index (χ0) is 21.1. The monoisotopic (exact) mass is 431 g/mol. The number of imidazole rings is 1. The second kappa shape index (κ2) is 8.99. The van der Waals surface area contributed by atoms with Gasteiger partial charge in [-0.05, 0) is 38.8 Å². The number of piperidine rings is 1. The Morgan fingerprint density at radius 1 is 1.17 bits per heavy atom. The number of nitrogens with zero attached hydrogens (tertiary/aromatic N) is 3. The SMILES string of the molecule is CS(=O)(=O)c1ncc(CN2CCC(C(=O)c3ccccc3)CC2)n1C[C@H]1CCCO1. The molecule has 0 spiro atoms. The Hall–Kier alpha value is -2.03. The molecular weight excluding hydrogens is 402 g/mol. The van der Waals surface area contributed by atoms with Gasteiger partial charge < -0.3 is 9.30 Å². The lowest BCUT2D eigenvalue weighted by molar-refractivity contribution is 0.0822. The normalized spacial score (nSPS) is 21.2. The van der Waals surface area contributed by atoms with Crippen LogP contribution < -0.4 is 0 Å². The molecule has 1 aromatic carbocycles. The molecule has 3 heterocycles. The first kappa shape index (κ1) is 21.2. The number of benzene rings is 1. The Kier molecular flexibility index (Phi) is 6.36. The summed E-state index contributed by atoms with van der Waals surface area (Å²) < 4.78 is 32.0. The summed E-state index contributed by atoms with van der Waals surface area (Å²) in [5.74, 6) is 0.269. The molecule has 2 aliphatic heterocycles. The maximum Gasteiger partial charge on any atom is 0.227 e. The molecule has 162 valence electrons. The molecule has 0 N–H and O–H groups in total. The summed E-state index contributed by atoms with van der Waals surface area (Å²) >= 11 is 0. The average Bonchev–Trinajstić information content (AvgIpc) is 3.39. The van der Waals surface area contributed by atoms with Gasteiger partial charge in [-0.2, -0.15) is 0 Å². The van der Waals surface area contributed by atoms with Gasteiger partial charge in [0.2, 0.25) is 15.0 Å². The smallest absolute Gasteiger partial charge is 0.227 e. The molecule has 0 unspecified atom stereocenters. The Morgan fingerprint density at radius 3 is 2.53 bits per heavy atom. The summed E-state index contributed by atoms with van der Waals surface area (Å²) in [5.41, 5.74) is 1.67. The van der Waals surface area contributed by atoms with Crippen molar-refractivity contribution in [2.75, 3.05) is 26.0 Å². The minimum Gasteiger partial charge on any atom is -0.376 e. The van der Waals surface area contributed by atoms with Crippen LogP contribution in [0.15, 0.2) is 41.7 Å². The summed E-state index contributed by atoms with van der Waals surface area (Å²) in [7, 11) is -3.41. The van der Waals surface area contributed by atoms with Gasteiger partial charge in [-0.25, -0.2) is 13.4 Å². The fourth-order valence-electron chi connectivity index (χ4n) is 4.42. The molecule has 0 amide bonds. The number of ether oxygens (including phenoxy) is 1. The summed E-state index contributed by atoms with van der Waals surface area (Å²) in [5, 5.41) is 0.113. The van der Waals surface area contributed by atoms with Gasteiger partial charge in [0.05, 0.1) is 24.5 Å². The predicted molar refractivity (Wildman–Crippen MR) is 113 cm³/mol. The molecule has 0 bridgehead atoms. The number of likely N-dealkylation sites (tertiary alicyclic amines) is 1. The van der Waals surface area contributed by atoms with E-state index in [-0.39, 0.29) is 23.0 Å².